The van der Waals surface area contributed by atoms with E-state index in [1.165, 1.54) is 6.07 Å². The first-order chi connectivity index (χ1) is 12.5. The summed E-state index contributed by atoms with van der Waals surface area (Å²) < 4.78 is 24.1. The molecule has 0 aliphatic carbocycles. The number of rotatable bonds is 6. The average Bonchev–Trinajstić information content (AvgIpc) is 3.09. The van der Waals surface area contributed by atoms with Crippen LogP contribution in [-0.4, -0.2) is 25.2 Å². The van der Waals surface area contributed by atoms with Gasteiger partial charge < -0.3 is 20.1 Å². The van der Waals surface area contributed by atoms with Crippen molar-refractivity contribution in [2.45, 2.75) is 13.3 Å². The Hall–Kier alpha value is -3.09. The SMILES string of the molecule is CC(Cc1ccccc1F)C(=O)NCC(=O)Nc1ccc2c(c1)OCO2. The van der Waals surface area contributed by atoms with Gasteiger partial charge in [0.25, 0.3) is 0 Å². The Morgan fingerprint density at radius 2 is 1.92 bits per heavy atom. The van der Waals surface area contributed by atoms with E-state index in [1.807, 2.05) is 0 Å². The van der Waals surface area contributed by atoms with Crippen LogP contribution in [0.15, 0.2) is 42.5 Å². The van der Waals surface area contributed by atoms with Crippen LogP contribution in [0.2, 0.25) is 0 Å². The molecule has 3 rings (SSSR count). The molecule has 1 unspecified atom stereocenters. The van der Waals surface area contributed by atoms with Crippen LogP contribution in [0, 0.1) is 11.7 Å². The molecule has 2 aromatic rings. The van der Waals surface area contributed by atoms with Gasteiger partial charge in [-0.25, -0.2) is 4.39 Å². The first kappa shape index (κ1) is 17.7. The van der Waals surface area contributed by atoms with Crippen LogP contribution in [0.3, 0.4) is 0 Å². The van der Waals surface area contributed by atoms with Crippen LogP contribution in [-0.2, 0) is 16.0 Å². The number of carbonyl (C=O) groups excluding carboxylic acids is 2. The van der Waals surface area contributed by atoms with E-state index in [9.17, 15) is 14.0 Å². The zero-order valence-corrected chi connectivity index (χ0v) is 14.3. The van der Waals surface area contributed by atoms with Gasteiger partial charge in [0.2, 0.25) is 18.6 Å². The van der Waals surface area contributed by atoms with Crippen molar-refractivity contribution in [2.24, 2.45) is 5.92 Å². The molecule has 0 saturated carbocycles. The smallest absolute Gasteiger partial charge is 0.243 e. The van der Waals surface area contributed by atoms with Crippen molar-refractivity contribution >= 4 is 17.5 Å². The second-order valence-electron chi connectivity index (χ2n) is 6.03. The molecule has 2 amide bonds. The zero-order valence-electron chi connectivity index (χ0n) is 14.3. The normalized spacial score (nSPS) is 13.2. The van der Waals surface area contributed by atoms with Crippen molar-refractivity contribution in [3.8, 4) is 11.5 Å². The lowest BCUT2D eigenvalue weighted by molar-refractivity contribution is -0.126. The number of amides is 2. The molecule has 0 saturated heterocycles. The third-order valence-corrected chi connectivity index (χ3v) is 4.01. The summed E-state index contributed by atoms with van der Waals surface area (Å²) in [6.45, 7) is 1.68. The van der Waals surface area contributed by atoms with E-state index in [4.69, 9.17) is 9.47 Å². The predicted molar refractivity (Wildman–Crippen MR) is 93.5 cm³/mol. The average molecular weight is 358 g/mol. The molecule has 0 aromatic heterocycles. The first-order valence-corrected chi connectivity index (χ1v) is 8.23. The number of anilines is 1. The number of hydrogen-bond acceptors (Lipinski definition) is 4. The molecule has 26 heavy (non-hydrogen) atoms. The fourth-order valence-electron chi connectivity index (χ4n) is 2.61. The number of hydrogen-bond donors (Lipinski definition) is 2. The minimum Gasteiger partial charge on any atom is -0.454 e. The lowest BCUT2D eigenvalue weighted by atomic mass is 10.00. The van der Waals surface area contributed by atoms with E-state index in [0.717, 1.165) is 0 Å². The van der Waals surface area contributed by atoms with Crippen molar-refractivity contribution in [1.29, 1.82) is 0 Å². The maximum absolute atomic E-state index is 13.6. The Morgan fingerprint density at radius 3 is 2.73 bits per heavy atom. The molecule has 1 aliphatic rings. The molecule has 1 aliphatic heterocycles. The number of carbonyl (C=O) groups is 2. The van der Waals surface area contributed by atoms with Gasteiger partial charge in [-0.1, -0.05) is 25.1 Å². The Bertz CT molecular complexity index is 825. The molecular weight excluding hydrogens is 339 g/mol. The molecule has 6 nitrogen and oxygen atoms in total. The van der Waals surface area contributed by atoms with Gasteiger partial charge in [0.05, 0.1) is 6.54 Å². The quantitative estimate of drug-likeness (QED) is 0.832. The standard InChI is InChI=1S/C19H19FN2O4/c1-12(8-13-4-2-3-5-15(13)20)19(24)21-10-18(23)22-14-6-7-16-17(9-14)26-11-25-16/h2-7,9,12H,8,10-11H2,1H3,(H,21,24)(H,22,23). The minimum atomic E-state index is -0.453. The summed E-state index contributed by atoms with van der Waals surface area (Å²) in [5, 5.41) is 5.24. The third-order valence-electron chi connectivity index (χ3n) is 4.01. The molecule has 2 N–H and O–H groups in total. The molecule has 7 heteroatoms. The highest BCUT2D eigenvalue weighted by atomic mass is 19.1. The van der Waals surface area contributed by atoms with Gasteiger partial charge in [0.1, 0.15) is 5.82 Å². The Morgan fingerprint density at radius 1 is 1.15 bits per heavy atom. The number of halogens is 1. The van der Waals surface area contributed by atoms with Crippen molar-refractivity contribution in [3.63, 3.8) is 0 Å². The van der Waals surface area contributed by atoms with Gasteiger partial charge in [-0.05, 0) is 30.2 Å². The van der Waals surface area contributed by atoms with E-state index in [0.29, 0.717) is 22.7 Å². The summed E-state index contributed by atoms with van der Waals surface area (Å²) >= 11 is 0. The van der Waals surface area contributed by atoms with Gasteiger partial charge in [0, 0.05) is 17.7 Å². The van der Waals surface area contributed by atoms with E-state index in [1.54, 1.807) is 43.3 Å². The lowest BCUT2D eigenvalue weighted by Crippen LogP contribution is -2.36. The van der Waals surface area contributed by atoms with Crippen LogP contribution in [0.1, 0.15) is 12.5 Å². The van der Waals surface area contributed by atoms with Gasteiger partial charge >= 0.3 is 0 Å². The molecular formula is C19H19FN2O4. The van der Waals surface area contributed by atoms with Crippen molar-refractivity contribution in [3.05, 3.63) is 53.8 Å². The molecule has 1 atom stereocenters. The molecule has 136 valence electrons. The molecule has 0 fully saturated rings. The van der Waals surface area contributed by atoms with Gasteiger partial charge in [0.15, 0.2) is 11.5 Å². The van der Waals surface area contributed by atoms with Gasteiger partial charge in [-0.2, -0.15) is 0 Å². The second-order valence-corrected chi connectivity index (χ2v) is 6.03. The third kappa shape index (κ3) is 4.30. The maximum atomic E-state index is 13.6. The van der Waals surface area contributed by atoms with E-state index in [-0.39, 0.29) is 37.4 Å². The van der Waals surface area contributed by atoms with E-state index < -0.39 is 5.92 Å². The molecule has 2 aromatic carbocycles. The van der Waals surface area contributed by atoms with Gasteiger partial charge in [-0.15, -0.1) is 0 Å². The van der Waals surface area contributed by atoms with Crippen molar-refractivity contribution in [1.82, 2.24) is 5.32 Å². The molecule has 0 spiro atoms. The molecule has 0 bridgehead atoms. The van der Waals surface area contributed by atoms with Crippen LogP contribution >= 0.6 is 0 Å². The number of ether oxygens (including phenoxy) is 2. The van der Waals surface area contributed by atoms with Crippen LogP contribution in [0.5, 0.6) is 11.5 Å². The molecule has 0 radical (unpaired) electrons. The fraction of sp³-hybridized carbons (Fsp3) is 0.263. The van der Waals surface area contributed by atoms with Crippen LogP contribution in [0.25, 0.3) is 0 Å². The summed E-state index contributed by atoms with van der Waals surface area (Å²) in [5.74, 6) is -0.286. The Kier molecular flexibility index (Phi) is 5.36. The van der Waals surface area contributed by atoms with Crippen LogP contribution in [0.4, 0.5) is 10.1 Å². The Labute approximate surface area is 150 Å². The molecule has 1 heterocycles. The summed E-state index contributed by atoms with van der Waals surface area (Å²) in [6.07, 6.45) is 0.266. The fourth-order valence-corrected chi connectivity index (χ4v) is 2.61. The predicted octanol–water partition coefficient (Wildman–Crippen LogP) is 2.49. The summed E-state index contributed by atoms with van der Waals surface area (Å²) in [7, 11) is 0. The van der Waals surface area contributed by atoms with Crippen molar-refractivity contribution in [2.75, 3.05) is 18.7 Å². The van der Waals surface area contributed by atoms with E-state index >= 15 is 0 Å². The van der Waals surface area contributed by atoms with Crippen molar-refractivity contribution < 1.29 is 23.5 Å². The summed E-state index contributed by atoms with van der Waals surface area (Å²) in [6, 6.07) is 11.4. The lowest BCUT2D eigenvalue weighted by Gasteiger charge is -2.13. The Balaban J connectivity index is 1.47. The highest BCUT2D eigenvalue weighted by molar-refractivity contribution is 5.95. The highest BCUT2D eigenvalue weighted by Crippen LogP contribution is 2.34. The second kappa shape index (κ2) is 7.86. The summed E-state index contributed by atoms with van der Waals surface area (Å²) in [5.41, 5.74) is 1.02. The highest BCUT2D eigenvalue weighted by Gasteiger charge is 2.17. The number of nitrogens with one attached hydrogen (secondary N) is 2. The maximum Gasteiger partial charge on any atom is 0.243 e. The number of benzene rings is 2. The monoisotopic (exact) mass is 358 g/mol. The summed E-state index contributed by atoms with van der Waals surface area (Å²) in [4.78, 5) is 24.1. The first-order valence-electron chi connectivity index (χ1n) is 8.23. The topological polar surface area (TPSA) is 76.7 Å². The number of fused-ring (bicyclic) bond motifs is 1. The zero-order chi connectivity index (χ0) is 18.5. The van der Waals surface area contributed by atoms with Gasteiger partial charge in [-0.3, -0.25) is 9.59 Å². The van der Waals surface area contributed by atoms with E-state index in [2.05, 4.69) is 10.6 Å². The minimum absolute atomic E-state index is 0.155. The largest absolute Gasteiger partial charge is 0.454 e. The van der Waals surface area contributed by atoms with Crippen LogP contribution < -0.4 is 20.1 Å².